The van der Waals surface area contributed by atoms with Gasteiger partial charge in [0.1, 0.15) is 0 Å². The Labute approximate surface area is 107 Å². The second kappa shape index (κ2) is 4.20. The largest absolute Gasteiger partial charge is 0.390 e. The van der Waals surface area contributed by atoms with E-state index in [2.05, 4.69) is 0 Å². The van der Waals surface area contributed by atoms with Crippen molar-refractivity contribution in [3.8, 4) is 0 Å². The average Bonchev–Trinajstić information content (AvgIpc) is 2.73. The molecule has 0 saturated carbocycles. The second-order valence-electron chi connectivity index (χ2n) is 3.46. The fraction of sp³-hybridized carbons (Fsp3) is 0.182. The van der Waals surface area contributed by atoms with E-state index in [-0.39, 0.29) is 5.78 Å². The Balaban J connectivity index is 2.49. The van der Waals surface area contributed by atoms with Gasteiger partial charge in [-0.1, -0.05) is 11.6 Å². The van der Waals surface area contributed by atoms with Gasteiger partial charge in [0, 0.05) is 4.88 Å². The van der Waals surface area contributed by atoms with E-state index in [1.54, 1.807) is 12.1 Å². The van der Waals surface area contributed by atoms with Gasteiger partial charge >= 0.3 is 0 Å². The van der Waals surface area contributed by atoms with Crippen LogP contribution < -0.4 is 5.73 Å². The van der Waals surface area contributed by atoms with Crippen molar-refractivity contribution in [1.82, 2.24) is 0 Å². The number of rotatable bonds is 2. The van der Waals surface area contributed by atoms with Crippen LogP contribution >= 0.6 is 34.3 Å². The molecule has 16 heavy (non-hydrogen) atoms. The SMILES string of the molecule is Cc1sc(N)c(C(=O)c2ccc(Cl)s2)c1C. The molecule has 0 fully saturated rings. The maximum atomic E-state index is 12.2. The Hall–Kier alpha value is -0.840. The quantitative estimate of drug-likeness (QED) is 0.842. The number of nitrogen functional groups attached to an aromatic ring is 1. The molecule has 0 aliphatic heterocycles. The molecule has 0 amide bonds. The molecular weight excluding hydrogens is 262 g/mol. The molecule has 5 heteroatoms. The van der Waals surface area contributed by atoms with Crippen molar-refractivity contribution >= 4 is 45.1 Å². The number of hydrogen-bond acceptors (Lipinski definition) is 4. The summed E-state index contributed by atoms with van der Waals surface area (Å²) in [6, 6.07) is 3.46. The average molecular weight is 272 g/mol. The minimum atomic E-state index is -0.0312. The molecule has 0 aliphatic carbocycles. The number of anilines is 1. The van der Waals surface area contributed by atoms with E-state index in [0.717, 1.165) is 10.4 Å². The van der Waals surface area contributed by atoms with Gasteiger partial charge in [-0.05, 0) is 31.5 Å². The van der Waals surface area contributed by atoms with Crippen LogP contribution in [0.3, 0.4) is 0 Å². The lowest BCUT2D eigenvalue weighted by molar-refractivity contribution is 0.104. The summed E-state index contributed by atoms with van der Waals surface area (Å²) in [7, 11) is 0. The number of halogens is 1. The summed E-state index contributed by atoms with van der Waals surface area (Å²) >= 11 is 8.55. The van der Waals surface area contributed by atoms with Crippen LogP contribution in [-0.2, 0) is 0 Å². The monoisotopic (exact) mass is 271 g/mol. The van der Waals surface area contributed by atoms with Crippen molar-refractivity contribution in [1.29, 1.82) is 0 Å². The van der Waals surface area contributed by atoms with Gasteiger partial charge in [-0.3, -0.25) is 4.79 Å². The van der Waals surface area contributed by atoms with Crippen LogP contribution in [-0.4, -0.2) is 5.78 Å². The Morgan fingerprint density at radius 2 is 2.00 bits per heavy atom. The van der Waals surface area contributed by atoms with Gasteiger partial charge < -0.3 is 5.73 Å². The number of carbonyl (C=O) groups is 1. The van der Waals surface area contributed by atoms with E-state index < -0.39 is 0 Å². The van der Waals surface area contributed by atoms with E-state index in [9.17, 15) is 4.79 Å². The predicted molar refractivity (Wildman–Crippen MR) is 71.0 cm³/mol. The first-order valence-corrected chi connectivity index (χ1v) is 6.67. The van der Waals surface area contributed by atoms with E-state index in [4.69, 9.17) is 17.3 Å². The number of carbonyl (C=O) groups excluding carboxylic acids is 1. The molecule has 0 saturated heterocycles. The van der Waals surface area contributed by atoms with E-state index in [0.29, 0.717) is 19.8 Å². The van der Waals surface area contributed by atoms with Gasteiger partial charge in [0.15, 0.2) is 0 Å². The second-order valence-corrected chi connectivity index (χ2v) is 6.43. The smallest absolute Gasteiger partial charge is 0.206 e. The molecule has 0 atom stereocenters. The highest BCUT2D eigenvalue weighted by molar-refractivity contribution is 7.19. The van der Waals surface area contributed by atoms with Crippen LogP contribution in [0.15, 0.2) is 12.1 Å². The molecule has 2 N–H and O–H groups in total. The first-order valence-electron chi connectivity index (χ1n) is 4.66. The molecule has 2 aromatic heterocycles. The fourth-order valence-electron chi connectivity index (χ4n) is 1.50. The Kier molecular flexibility index (Phi) is 3.06. The topological polar surface area (TPSA) is 43.1 Å². The zero-order valence-corrected chi connectivity index (χ0v) is 11.2. The van der Waals surface area contributed by atoms with Crippen LogP contribution in [0, 0.1) is 13.8 Å². The first kappa shape index (κ1) is 11.6. The highest BCUT2D eigenvalue weighted by Crippen LogP contribution is 2.33. The summed E-state index contributed by atoms with van der Waals surface area (Å²) in [5, 5.41) is 0.588. The van der Waals surface area contributed by atoms with Crippen LogP contribution in [0.25, 0.3) is 0 Å². The van der Waals surface area contributed by atoms with Crippen LogP contribution in [0.2, 0.25) is 4.34 Å². The molecular formula is C11H10ClNOS2. The first-order chi connectivity index (χ1) is 7.50. The lowest BCUT2D eigenvalue weighted by Crippen LogP contribution is -2.02. The van der Waals surface area contributed by atoms with Crippen LogP contribution in [0.4, 0.5) is 5.00 Å². The summed E-state index contributed by atoms with van der Waals surface area (Å²) in [4.78, 5) is 13.9. The van der Waals surface area contributed by atoms with Crippen LogP contribution in [0.5, 0.6) is 0 Å². The Bertz CT molecular complexity index is 556. The van der Waals surface area contributed by atoms with E-state index in [1.165, 1.54) is 22.7 Å². The van der Waals surface area contributed by atoms with Crippen molar-refractivity contribution in [3.63, 3.8) is 0 Å². The molecule has 2 aromatic rings. The third-order valence-electron chi connectivity index (χ3n) is 2.44. The highest BCUT2D eigenvalue weighted by atomic mass is 35.5. The minimum Gasteiger partial charge on any atom is -0.390 e. The van der Waals surface area contributed by atoms with Gasteiger partial charge in [0.25, 0.3) is 0 Å². The standard InChI is InChI=1S/C11H10ClNOS2/c1-5-6(2)15-11(13)9(5)10(14)7-3-4-8(12)16-7/h3-4H,13H2,1-2H3. The summed E-state index contributed by atoms with van der Waals surface area (Å²) in [6.45, 7) is 3.89. The summed E-state index contributed by atoms with van der Waals surface area (Å²) in [5.41, 5.74) is 7.45. The molecule has 2 nitrogen and oxygen atoms in total. The van der Waals surface area contributed by atoms with E-state index in [1.807, 2.05) is 13.8 Å². The Morgan fingerprint density at radius 1 is 1.31 bits per heavy atom. The normalized spacial score (nSPS) is 10.7. The zero-order valence-electron chi connectivity index (χ0n) is 8.83. The predicted octanol–water partition coefficient (Wildman–Crippen LogP) is 3.89. The van der Waals surface area contributed by atoms with E-state index >= 15 is 0 Å². The molecule has 0 aliphatic rings. The number of ketones is 1. The molecule has 0 spiro atoms. The number of hydrogen-bond donors (Lipinski definition) is 1. The van der Waals surface area contributed by atoms with Gasteiger partial charge in [-0.15, -0.1) is 22.7 Å². The molecule has 0 aromatic carbocycles. The van der Waals surface area contributed by atoms with Gasteiger partial charge in [-0.2, -0.15) is 0 Å². The van der Waals surface area contributed by atoms with Crippen molar-refractivity contribution in [3.05, 3.63) is 37.4 Å². The maximum Gasteiger partial charge on any atom is 0.206 e. The highest BCUT2D eigenvalue weighted by Gasteiger charge is 2.20. The molecule has 2 rings (SSSR count). The number of thiophene rings is 2. The molecule has 84 valence electrons. The van der Waals surface area contributed by atoms with Crippen molar-refractivity contribution in [2.45, 2.75) is 13.8 Å². The fourth-order valence-corrected chi connectivity index (χ4v) is 3.42. The summed E-state index contributed by atoms with van der Waals surface area (Å²) in [5.74, 6) is -0.0312. The summed E-state index contributed by atoms with van der Waals surface area (Å²) < 4.78 is 0.617. The van der Waals surface area contributed by atoms with Crippen molar-refractivity contribution in [2.24, 2.45) is 0 Å². The lowest BCUT2D eigenvalue weighted by Gasteiger charge is -1.99. The lowest BCUT2D eigenvalue weighted by atomic mass is 10.1. The minimum absolute atomic E-state index is 0.0312. The van der Waals surface area contributed by atoms with Gasteiger partial charge in [0.05, 0.1) is 19.8 Å². The van der Waals surface area contributed by atoms with Gasteiger partial charge in [-0.25, -0.2) is 0 Å². The molecule has 2 heterocycles. The molecule has 0 unspecified atom stereocenters. The third-order valence-corrected chi connectivity index (χ3v) is 4.70. The van der Waals surface area contributed by atoms with Crippen molar-refractivity contribution in [2.75, 3.05) is 5.73 Å². The number of nitrogens with two attached hydrogens (primary N) is 1. The maximum absolute atomic E-state index is 12.2. The third kappa shape index (κ3) is 1.88. The Morgan fingerprint density at radius 3 is 2.44 bits per heavy atom. The molecule has 0 radical (unpaired) electrons. The van der Waals surface area contributed by atoms with Crippen LogP contribution in [0.1, 0.15) is 25.7 Å². The zero-order chi connectivity index (χ0) is 11.9. The molecule has 0 bridgehead atoms. The number of aryl methyl sites for hydroxylation is 1. The van der Waals surface area contributed by atoms with Gasteiger partial charge in [0.2, 0.25) is 5.78 Å². The summed E-state index contributed by atoms with van der Waals surface area (Å²) in [6.07, 6.45) is 0. The van der Waals surface area contributed by atoms with Crippen molar-refractivity contribution < 1.29 is 4.79 Å².